The summed E-state index contributed by atoms with van der Waals surface area (Å²) in [6, 6.07) is 7.15. The second kappa shape index (κ2) is 9.04. The molecular weight excluding hydrogens is 406 g/mol. The molecule has 166 valence electrons. The molecule has 2 aliphatic heterocycles. The average Bonchev–Trinajstić information content (AvgIpc) is 2.85. The Kier molecular flexibility index (Phi) is 5.81. The van der Waals surface area contributed by atoms with Crippen molar-refractivity contribution in [3.63, 3.8) is 0 Å². The molecule has 32 heavy (non-hydrogen) atoms. The van der Waals surface area contributed by atoms with E-state index in [1.54, 1.807) is 35.3 Å². The maximum atomic E-state index is 13.2. The van der Waals surface area contributed by atoms with Crippen LogP contribution in [0.5, 0.6) is 0 Å². The Morgan fingerprint density at radius 2 is 1.97 bits per heavy atom. The zero-order valence-electron chi connectivity index (χ0n) is 18.0. The Labute approximate surface area is 186 Å². The number of rotatable bonds is 4. The third-order valence-corrected chi connectivity index (χ3v) is 6.34. The largest absolute Gasteiger partial charge is 0.355 e. The predicted molar refractivity (Wildman–Crippen MR) is 120 cm³/mol. The first-order chi connectivity index (χ1) is 15.7. The third kappa shape index (κ3) is 4.34. The van der Waals surface area contributed by atoms with Gasteiger partial charge in [0, 0.05) is 70.5 Å². The van der Waals surface area contributed by atoms with Crippen molar-refractivity contribution < 1.29 is 4.79 Å². The van der Waals surface area contributed by atoms with E-state index in [2.05, 4.69) is 24.8 Å². The molecule has 3 aromatic heterocycles. The summed E-state index contributed by atoms with van der Waals surface area (Å²) >= 11 is 0. The van der Waals surface area contributed by atoms with Crippen molar-refractivity contribution in [3.8, 4) is 0 Å². The fraction of sp³-hybridized carbons (Fsp3) is 0.435. The van der Waals surface area contributed by atoms with Crippen molar-refractivity contribution in [1.29, 1.82) is 0 Å². The minimum absolute atomic E-state index is 0.000457. The summed E-state index contributed by atoms with van der Waals surface area (Å²) < 4.78 is 1.55. The van der Waals surface area contributed by atoms with E-state index in [1.165, 1.54) is 0 Å². The fourth-order valence-corrected chi connectivity index (χ4v) is 4.64. The van der Waals surface area contributed by atoms with E-state index < -0.39 is 0 Å². The molecule has 1 atom stereocenters. The Morgan fingerprint density at radius 1 is 1.09 bits per heavy atom. The van der Waals surface area contributed by atoms with Crippen LogP contribution in [0.25, 0.3) is 5.65 Å². The van der Waals surface area contributed by atoms with Crippen LogP contribution in [0.4, 0.5) is 5.82 Å². The van der Waals surface area contributed by atoms with Crippen LogP contribution < -0.4 is 10.5 Å². The highest BCUT2D eigenvalue weighted by atomic mass is 16.2. The molecule has 2 aliphatic rings. The van der Waals surface area contributed by atoms with Gasteiger partial charge in [-0.05, 0) is 25.0 Å². The lowest BCUT2D eigenvalue weighted by Gasteiger charge is -2.39. The minimum Gasteiger partial charge on any atom is -0.355 e. The standard InChI is InChI=1S/C23H27N7O2/c31-22-14-19(26-20-5-1-2-9-30(20)22)17-27-10-12-28(13-11-27)23(32)18-4-3-8-29(16-18)21-15-24-6-7-25-21/h1-2,5-7,9,14-15,18H,3-4,8,10-13,16-17H2. The van der Waals surface area contributed by atoms with Gasteiger partial charge in [0.15, 0.2) is 0 Å². The normalized spacial score (nSPS) is 19.9. The highest BCUT2D eigenvalue weighted by Crippen LogP contribution is 2.23. The van der Waals surface area contributed by atoms with Crippen molar-refractivity contribution in [2.24, 2.45) is 5.92 Å². The second-order valence-corrected chi connectivity index (χ2v) is 8.46. The molecule has 5 rings (SSSR count). The zero-order chi connectivity index (χ0) is 21.9. The second-order valence-electron chi connectivity index (χ2n) is 8.46. The number of carbonyl (C=O) groups excluding carboxylic acids is 1. The molecule has 0 saturated carbocycles. The summed E-state index contributed by atoms with van der Waals surface area (Å²) in [5.74, 6) is 1.08. The Hall–Kier alpha value is -3.33. The number of nitrogens with zero attached hydrogens (tertiary/aromatic N) is 7. The molecule has 0 aromatic carbocycles. The van der Waals surface area contributed by atoms with Crippen LogP contribution in [0.15, 0.2) is 53.8 Å². The first-order valence-corrected chi connectivity index (χ1v) is 11.2. The van der Waals surface area contributed by atoms with Crippen LogP contribution in [0, 0.1) is 5.92 Å². The smallest absolute Gasteiger partial charge is 0.258 e. The van der Waals surface area contributed by atoms with Crippen molar-refractivity contribution in [1.82, 2.24) is 29.2 Å². The van der Waals surface area contributed by atoms with Gasteiger partial charge >= 0.3 is 0 Å². The summed E-state index contributed by atoms with van der Waals surface area (Å²) in [7, 11) is 0. The summed E-state index contributed by atoms with van der Waals surface area (Å²) in [5.41, 5.74) is 1.37. The lowest BCUT2D eigenvalue weighted by Crippen LogP contribution is -2.52. The van der Waals surface area contributed by atoms with Gasteiger partial charge in [0.25, 0.3) is 5.56 Å². The molecule has 0 N–H and O–H groups in total. The molecule has 0 aliphatic carbocycles. The van der Waals surface area contributed by atoms with Gasteiger partial charge in [0.2, 0.25) is 5.91 Å². The van der Waals surface area contributed by atoms with Crippen LogP contribution in [0.3, 0.4) is 0 Å². The van der Waals surface area contributed by atoms with E-state index in [0.29, 0.717) is 31.8 Å². The van der Waals surface area contributed by atoms with E-state index in [0.717, 1.165) is 44.0 Å². The lowest BCUT2D eigenvalue weighted by molar-refractivity contribution is -0.137. The van der Waals surface area contributed by atoms with Crippen molar-refractivity contribution in [3.05, 3.63) is 65.1 Å². The summed E-state index contributed by atoms with van der Waals surface area (Å²) in [6.07, 6.45) is 8.75. The van der Waals surface area contributed by atoms with Gasteiger partial charge in [-0.3, -0.25) is 23.9 Å². The number of anilines is 1. The number of hydrogen-bond donors (Lipinski definition) is 0. The molecule has 1 amide bonds. The molecule has 1 unspecified atom stereocenters. The van der Waals surface area contributed by atoms with Crippen LogP contribution in [0.2, 0.25) is 0 Å². The lowest BCUT2D eigenvalue weighted by atomic mass is 9.96. The Bertz CT molecular complexity index is 1140. The summed E-state index contributed by atoms with van der Waals surface area (Å²) in [5, 5.41) is 0. The van der Waals surface area contributed by atoms with E-state index in [4.69, 9.17) is 0 Å². The van der Waals surface area contributed by atoms with Crippen LogP contribution in [-0.2, 0) is 11.3 Å². The number of amides is 1. The highest BCUT2D eigenvalue weighted by molar-refractivity contribution is 5.80. The van der Waals surface area contributed by atoms with Gasteiger partial charge in [-0.25, -0.2) is 9.97 Å². The number of hydrogen-bond acceptors (Lipinski definition) is 7. The molecule has 9 nitrogen and oxygen atoms in total. The number of aromatic nitrogens is 4. The van der Waals surface area contributed by atoms with Gasteiger partial charge in [-0.15, -0.1) is 0 Å². The van der Waals surface area contributed by atoms with Crippen LogP contribution in [0.1, 0.15) is 18.5 Å². The predicted octanol–water partition coefficient (Wildman–Crippen LogP) is 1.05. The molecule has 9 heteroatoms. The Morgan fingerprint density at radius 3 is 2.78 bits per heavy atom. The molecule has 0 bridgehead atoms. The van der Waals surface area contributed by atoms with Crippen molar-refractivity contribution in [2.75, 3.05) is 44.2 Å². The van der Waals surface area contributed by atoms with Crippen molar-refractivity contribution >= 4 is 17.4 Å². The average molecular weight is 434 g/mol. The molecule has 2 fully saturated rings. The van der Waals surface area contributed by atoms with Gasteiger partial charge < -0.3 is 9.80 Å². The van der Waals surface area contributed by atoms with E-state index in [9.17, 15) is 9.59 Å². The van der Waals surface area contributed by atoms with E-state index in [-0.39, 0.29) is 17.4 Å². The SMILES string of the molecule is O=C(C1CCCN(c2cnccn2)C1)N1CCN(Cc2cc(=O)n3ccccc3n2)CC1. The zero-order valence-corrected chi connectivity index (χ0v) is 18.0. The van der Waals surface area contributed by atoms with Gasteiger partial charge in [-0.1, -0.05) is 6.07 Å². The van der Waals surface area contributed by atoms with Crippen molar-refractivity contribution in [2.45, 2.75) is 19.4 Å². The first kappa shape index (κ1) is 20.6. The maximum absolute atomic E-state index is 13.2. The number of pyridine rings is 1. The summed E-state index contributed by atoms with van der Waals surface area (Å²) in [6.45, 7) is 5.19. The van der Waals surface area contributed by atoms with Crippen LogP contribution >= 0.6 is 0 Å². The minimum atomic E-state index is -0.0654. The van der Waals surface area contributed by atoms with Gasteiger partial charge in [0.1, 0.15) is 11.5 Å². The molecular formula is C23H27N7O2. The number of piperidine rings is 1. The molecule has 0 spiro atoms. The number of piperazine rings is 1. The van der Waals surface area contributed by atoms with E-state index in [1.807, 2.05) is 23.1 Å². The first-order valence-electron chi connectivity index (χ1n) is 11.2. The fourth-order valence-electron chi connectivity index (χ4n) is 4.64. The van der Waals surface area contributed by atoms with Gasteiger partial charge in [-0.2, -0.15) is 0 Å². The highest BCUT2D eigenvalue weighted by Gasteiger charge is 2.31. The summed E-state index contributed by atoms with van der Waals surface area (Å²) in [4.78, 5) is 45.1. The monoisotopic (exact) mass is 433 g/mol. The topological polar surface area (TPSA) is 86.9 Å². The quantitative estimate of drug-likeness (QED) is 0.608. The maximum Gasteiger partial charge on any atom is 0.258 e. The number of fused-ring (bicyclic) bond motifs is 1. The van der Waals surface area contributed by atoms with Crippen LogP contribution in [-0.4, -0.2) is 74.3 Å². The molecule has 5 heterocycles. The molecule has 3 aromatic rings. The third-order valence-electron chi connectivity index (χ3n) is 6.34. The molecule has 2 saturated heterocycles. The van der Waals surface area contributed by atoms with E-state index >= 15 is 0 Å². The Balaban J connectivity index is 1.18. The van der Waals surface area contributed by atoms with Gasteiger partial charge in [0.05, 0.1) is 17.8 Å². The molecule has 0 radical (unpaired) electrons. The number of carbonyl (C=O) groups is 1.